The zero-order chi connectivity index (χ0) is 26.9. The lowest BCUT2D eigenvalue weighted by atomic mass is 9.97. The molecule has 8 heteroatoms. The molecule has 4 heterocycles. The molecule has 0 bridgehead atoms. The second-order valence-corrected chi connectivity index (χ2v) is 10.9. The van der Waals surface area contributed by atoms with Crippen LogP contribution < -0.4 is 14.9 Å². The molecule has 192 valence electrons. The molecule has 0 radical (unpaired) electrons. The Balaban J connectivity index is 1.63. The Morgan fingerprint density at radius 3 is 2.67 bits per heavy atom. The molecule has 1 aliphatic heterocycles. The number of thiazole rings is 1. The number of terminal acetylenes is 1. The molecule has 0 spiro atoms. The maximum atomic E-state index is 14.0. The van der Waals surface area contributed by atoms with Gasteiger partial charge in [0, 0.05) is 33.1 Å². The van der Waals surface area contributed by atoms with Crippen molar-refractivity contribution in [2.45, 2.75) is 19.5 Å². The fourth-order valence-electron chi connectivity index (χ4n) is 4.92. The van der Waals surface area contributed by atoms with Crippen molar-refractivity contribution < 1.29 is 9.53 Å². The first-order chi connectivity index (χ1) is 19.1. The van der Waals surface area contributed by atoms with Gasteiger partial charge in [0.15, 0.2) is 4.80 Å². The number of rotatable bonds is 6. The third-order valence-corrected chi connectivity index (χ3v) is 8.46. The van der Waals surface area contributed by atoms with Crippen LogP contribution in [0.25, 0.3) is 22.7 Å². The maximum absolute atomic E-state index is 14.0. The van der Waals surface area contributed by atoms with Gasteiger partial charge in [-0.25, -0.2) is 9.79 Å². The minimum absolute atomic E-state index is 0.208. The predicted octanol–water partition coefficient (Wildman–Crippen LogP) is 4.59. The van der Waals surface area contributed by atoms with Crippen LogP contribution in [-0.2, 0) is 16.1 Å². The predicted molar refractivity (Wildman–Crippen MR) is 156 cm³/mol. The molecule has 0 amide bonds. The van der Waals surface area contributed by atoms with Gasteiger partial charge < -0.3 is 9.30 Å². The normalized spacial score (nSPS) is 15.2. The Kier molecular flexibility index (Phi) is 6.61. The largest absolute Gasteiger partial charge is 0.463 e. The van der Waals surface area contributed by atoms with E-state index in [1.54, 1.807) is 11.5 Å². The van der Waals surface area contributed by atoms with Crippen molar-refractivity contribution >= 4 is 51.3 Å². The molecule has 0 N–H and O–H groups in total. The first-order valence-corrected chi connectivity index (χ1v) is 14.1. The molecule has 1 aliphatic rings. The summed E-state index contributed by atoms with van der Waals surface area (Å²) in [6.07, 6.45) is 9.46. The van der Waals surface area contributed by atoms with Crippen LogP contribution in [0.4, 0.5) is 0 Å². The van der Waals surface area contributed by atoms with Crippen molar-refractivity contribution in [1.82, 2.24) is 9.13 Å². The average molecular weight is 550 g/mol. The fraction of sp³-hybridized carbons (Fsp3) is 0.129. The highest BCUT2D eigenvalue weighted by Crippen LogP contribution is 2.36. The zero-order valence-corrected chi connectivity index (χ0v) is 22.7. The van der Waals surface area contributed by atoms with Gasteiger partial charge in [0.1, 0.15) is 6.04 Å². The maximum Gasteiger partial charge on any atom is 0.338 e. The van der Waals surface area contributed by atoms with Crippen molar-refractivity contribution in [2.24, 2.45) is 4.99 Å². The number of nitrogens with zero attached hydrogens (tertiary/aromatic N) is 3. The smallest absolute Gasteiger partial charge is 0.338 e. The third-order valence-electron chi connectivity index (χ3n) is 6.55. The molecular formula is C31H23N3O3S2. The Labute approximate surface area is 232 Å². The molecule has 1 atom stereocenters. The van der Waals surface area contributed by atoms with Gasteiger partial charge in [-0.1, -0.05) is 71.9 Å². The molecule has 39 heavy (non-hydrogen) atoms. The van der Waals surface area contributed by atoms with E-state index in [0.29, 0.717) is 27.1 Å². The Morgan fingerprint density at radius 1 is 1.13 bits per heavy atom. The molecule has 0 saturated carbocycles. The van der Waals surface area contributed by atoms with Crippen LogP contribution in [-0.4, -0.2) is 21.7 Å². The first kappa shape index (κ1) is 24.9. The number of hydrogen-bond donors (Lipinski definition) is 0. The number of hydrogen-bond acceptors (Lipinski definition) is 6. The number of benzene rings is 2. The van der Waals surface area contributed by atoms with Gasteiger partial charge in [-0.2, -0.15) is 0 Å². The standard InChI is InChI=1S/C31H23N3O3S2/c1-3-16-33-19-21(22-13-8-9-14-23(22)33)18-25-29(35)34-28(24-15-10-17-38-24)26(30(36)37-4-2)27(32-31(34)39-25)20-11-6-5-7-12-20/h1,5-15,17-19,28H,4,16H2,2H3/b25-18-/t28-/m1/s1. The molecule has 6 nitrogen and oxygen atoms in total. The van der Waals surface area contributed by atoms with E-state index in [1.165, 1.54) is 22.7 Å². The lowest BCUT2D eigenvalue weighted by Crippen LogP contribution is -2.39. The summed E-state index contributed by atoms with van der Waals surface area (Å²) in [4.78, 5) is 33.8. The number of ether oxygens (including phenoxy) is 1. The van der Waals surface area contributed by atoms with Gasteiger partial charge in [-0.15, -0.1) is 17.8 Å². The van der Waals surface area contributed by atoms with Crippen LogP contribution in [0, 0.1) is 12.3 Å². The van der Waals surface area contributed by atoms with Crippen molar-refractivity contribution in [3.05, 3.63) is 120 Å². The van der Waals surface area contributed by atoms with Gasteiger partial charge in [-0.05, 0) is 30.5 Å². The van der Waals surface area contributed by atoms with Gasteiger partial charge in [0.05, 0.1) is 29.0 Å². The van der Waals surface area contributed by atoms with E-state index < -0.39 is 12.0 Å². The molecule has 0 saturated heterocycles. The van der Waals surface area contributed by atoms with Crippen LogP contribution in [0.2, 0.25) is 0 Å². The highest BCUT2D eigenvalue weighted by molar-refractivity contribution is 7.10. The number of aromatic nitrogens is 2. The topological polar surface area (TPSA) is 65.6 Å². The van der Waals surface area contributed by atoms with E-state index >= 15 is 0 Å². The van der Waals surface area contributed by atoms with Gasteiger partial charge in [-0.3, -0.25) is 9.36 Å². The quantitative estimate of drug-likeness (QED) is 0.230. The van der Waals surface area contributed by atoms with Gasteiger partial charge in [0.25, 0.3) is 5.56 Å². The molecule has 5 aromatic rings. The summed E-state index contributed by atoms with van der Waals surface area (Å²) in [6.45, 7) is 2.41. The highest BCUT2D eigenvalue weighted by Gasteiger charge is 2.35. The Bertz CT molecular complexity index is 1950. The number of fused-ring (bicyclic) bond motifs is 2. The summed E-state index contributed by atoms with van der Waals surface area (Å²) in [7, 11) is 0. The minimum Gasteiger partial charge on any atom is -0.463 e. The molecule has 0 unspecified atom stereocenters. The van der Waals surface area contributed by atoms with Crippen molar-refractivity contribution in [3.8, 4) is 12.3 Å². The molecule has 3 aromatic heterocycles. The number of thiophene rings is 1. The summed E-state index contributed by atoms with van der Waals surface area (Å²) in [6, 6.07) is 20.7. The van der Waals surface area contributed by atoms with Crippen LogP contribution in [0.5, 0.6) is 0 Å². The van der Waals surface area contributed by atoms with Crippen molar-refractivity contribution in [3.63, 3.8) is 0 Å². The Hall–Kier alpha value is -4.45. The van der Waals surface area contributed by atoms with Gasteiger partial charge >= 0.3 is 5.97 Å². The van der Waals surface area contributed by atoms with Crippen LogP contribution in [0.1, 0.15) is 29.0 Å². The van der Waals surface area contributed by atoms with Gasteiger partial charge in [0.2, 0.25) is 0 Å². The number of carbonyl (C=O) groups excluding carboxylic acids is 1. The number of esters is 1. The van der Waals surface area contributed by atoms with Crippen LogP contribution in [0.15, 0.2) is 93.7 Å². The van der Waals surface area contributed by atoms with E-state index in [0.717, 1.165) is 26.9 Å². The summed E-state index contributed by atoms with van der Waals surface area (Å²) < 4.78 is 9.65. The minimum atomic E-state index is -0.652. The number of para-hydroxylation sites is 1. The summed E-state index contributed by atoms with van der Waals surface area (Å²) in [5.41, 5.74) is 3.35. The van der Waals surface area contributed by atoms with E-state index in [9.17, 15) is 9.59 Å². The molecule has 6 rings (SSSR count). The van der Waals surface area contributed by atoms with Crippen molar-refractivity contribution in [1.29, 1.82) is 0 Å². The zero-order valence-electron chi connectivity index (χ0n) is 21.0. The van der Waals surface area contributed by atoms with Crippen LogP contribution >= 0.6 is 22.7 Å². The van der Waals surface area contributed by atoms with E-state index in [1.807, 2.05) is 89.0 Å². The highest BCUT2D eigenvalue weighted by atomic mass is 32.1. The summed E-state index contributed by atoms with van der Waals surface area (Å²) in [5.74, 6) is 2.21. The monoisotopic (exact) mass is 549 g/mol. The second kappa shape index (κ2) is 10.4. The molecular weight excluding hydrogens is 526 g/mol. The lowest BCUT2D eigenvalue weighted by molar-refractivity contribution is -0.138. The molecule has 0 fully saturated rings. The Morgan fingerprint density at radius 2 is 1.92 bits per heavy atom. The number of carbonyl (C=O) groups is 1. The summed E-state index contributed by atoms with van der Waals surface area (Å²) in [5, 5.41) is 2.95. The van der Waals surface area contributed by atoms with E-state index in [-0.39, 0.29) is 12.2 Å². The first-order valence-electron chi connectivity index (χ1n) is 12.4. The SMILES string of the molecule is C#CCn1cc(/C=c2\sc3n(c2=O)[C@H](c2cccs2)C(C(=O)OCC)=C(c2ccccc2)N=3)c2ccccc21. The third kappa shape index (κ3) is 4.36. The van der Waals surface area contributed by atoms with Crippen molar-refractivity contribution in [2.75, 3.05) is 6.61 Å². The van der Waals surface area contributed by atoms with Crippen LogP contribution in [0.3, 0.4) is 0 Å². The van der Waals surface area contributed by atoms with E-state index in [4.69, 9.17) is 16.2 Å². The van der Waals surface area contributed by atoms with E-state index in [2.05, 4.69) is 5.92 Å². The average Bonchev–Trinajstić information content (AvgIpc) is 3.68. The molecule has 0 aliphatic carbocycles. The lowest BCUT2D eigenvalue weighted by Gasteiger charge is -2.24. The second-order valence-electron chi connectivity index (χ2n) is 8.88. The molecule has 2 aromatic carbocycles. The summed E-state index contributed by atoms with van der Waals surface area (Å²) >= 11 is 2.80. The fourth-order valence-corrected chi connectivity index (χ4v) is 6.73.